The molecule has 1 atom stereocenters. The van der Waals surface area contributed by atoms with Crippen molar-refractivity contribution in [3.63, 3.8) is 0 Å². The maximum Gasteiger partial charge on any atom is 0.295 e. The summed E-state index contributed by atoms with van der Waals surface area (Å²) in [5.74, 6) is -3.59. The molecule has 1 heterocycles. The molecule has 1 aliphatic rings. The lowest BCUT2D eigenvalue weighted by atomic mass is 9.95. The topological polar surface area (TPSA) is 97.7 Å². The number of aliphatic hydroxyl groups is 1. The molecule has 30 heavy (non-hydrogen) atoms. The molecule has 1 saturated heterocycles. The minimum atomic E-state index is -1.14. The second-order valence-corrected chi connectivity index (χ2v) is 7.10. The van der Waals surface area contributed by atoms with Gasteiger partial charge >= 0.3 is 0 Å². The van der Waals surface area contributed by atoms with Crippen LogP contribution in [0.25, 0.3) is 5.76 Å². The number of likely N-dealkylation sites (tertiary alicyclic amines) is 1. The molecule has 1 aliphatic heterocycles. The zero-order valence-corrected chi connectivity index (χ0v) is 16.2. The molecule has 0 saturated carbocycles. The van der Waals surface area contributed by atoms with Crippen LogP contribution in [0, 0.1) is 5.82 Å². The SMILES string of the molecule is O=C([O-])CCCCCN1C(=O)C(=O)C(=C(O)c2ccccc2)[C@H]1c1cccc(F)c1. The Labute approximate surface area is 173 Å². The number of rotatable bonds is 8. The van der Waals surface area contributed by atoms with Crippen molar-refractivity contribution in [2.75, 3.05) is 6.54 Å². The summed E-state index contributed by atoms with van der Waals surface area (Å²) in [6.07, 6.45) is 1.28. The summed E-state index contributed by atoms with van der Waals surface area (Å²) in [7, 11) is 0. The Morgan fingerprint density at radius 2 is 1.77 bits per heavy atom. The molecule has 7 heteroatoms. The third-order valence-electron chi connectivity index (χ3n) is 5.03. The third kappa shape index (κ3) is 4.56. The summed E-state index contributed by atoms with van der Waals surface area (Å²) < 4.78 is 13.9. The van der Waals surface area contributed by atoms with E-state index in [1.807, 2.05) is 0 Å². The third-order valence-corrected chi connectivity index (χ3v) is 5.03. The first-order chi connectivity index (χ1) is 14.4. The predicted molar refractivity (Wildman–Crippen MR) is 105 cm³/mol. The summed E-state index contributed by atoms with van der Waals surface area (Å²) in [6.45, 7) is 0.171. The molecule has 0 aromatic heterocycles. The number of carboxylic acid groups (broad SMARTS) is 1. The molecule has 0 spiro atoms. The van der Waals surface area contributed by atoms with Gasteiger partial charge in [-0.25, -0.2) is 4.39 Å². The molecule has 1 amide bonds. The summed E-state index contributed by atoms with van der Waals surface area (Å²) >= 11 is 0. The molecule has 2 aromatic carbocycles. The lowest BCUT2D eigenvalue weighted by Crippen LogP contribution is -2.30. The molecule has 0 bridgehead atoms. The molecule has 0 unspecified atom stereocenters. The van der Waals surface area contributed by atoms with Crippen molar-refractivity contribution in [3.8, 4) is 0 Å². The van der Waals surface area contributed by atoms with Crippen LogP contribution >= 0.6 is 0 Å². The Balaban J connectivity index is 1.96. The first-order valence-corrected chi connectivity index (χ1v) is 9.69. The maximum atomic E-state index is 13.9. The van der Waals surface area contributed by atoms with Crippen LogP contribution in [-0.4, -0.2) is 34.2 Å². The van der Waals surface area contributed by atoms with Gasteiger partial charge in [0, 0.05) is 18.1 Å². The van der Waals surface area contributed by atoms with Crippen molar-refractivity contribution in [2.24, 2.45) is 0 Å². The molecule has 0 radical (unpaired) electrons. The van der Waals surface area contributed by atoms with Gasteiger partial charge in [0.15, 0.2) is 0 Å². The van der Waals surface area contributed by atoms with Crippen LogP contribution in [0.4, 0.5) is 4.39 Å². The maximum absolute atomic E-state index is 13.9. The van der Waals surface area contributed by atoms with Crippen molar-refractivity contribution >= 4 is 23.4 Å². The highest BCUT2D eigenvalue weighted by Crippen LogP contribution is 2.39. The van der Waals surface area contributed by atoms with Gasteiger partial charge < -0.3 is 19.9 Å². The van der Waals surface area contributed by atoms with E-state index in [1.54, 1.807) is 36.4 Å². The van der Waals surface area contributed by atoms with Crippen molar-refractivity contribution < 1.29 is 29.0 Å². The zero-order chi connectivity index (χ0) is 21.7. The van der Waals surface area contributed by atoms with Crippen molar-refractivity contribution in [2.45, 2.75) is 31.7 Å². The molecule has 156 valence electrons. The minimum Gasteiger partial charge on any atom is -0.550 e. The van der Waals surface area contributed by atoms with E-state index < -0.39 is 29.5 Å². The summed E-state index contributed by atoms with van der Waals surface area (Å²) in [5.41, 5.74) is 0.666. The number of carbonyl (C=O) groups is 3. The number of hydrogen-bond donors (Lipinski definition) is 1. The number of Topliss-reactive ketones (excluding diaryl/α,β-unsaturated/α-hetero) is 1. The lowest BCUT2D eigenvalue weighted by Gasteiger charge is -2.25. The number of halogens is 1. The van der Waals surface area contributed by atoms with E-state index >= 15 is 0 Å². The molecule has 1 fully saturated rings. The lowest BCUT2D eigenvalue weighted by molar-refractivity contribution is -0.305. The van der Waals surface area contributed by atoms with Gasteiger partial charge in [-0.05, 0) is 37.0 Å². The highest BCUT2D eigenvalue weighted by Gasteiger charge is 2.45. The van der Waals surface area contributed by atoms with E-state index in [2.05, 4.69) is 0 Å². The van der Waals surface area contributed by atoms with Crippen molar-refractivity contribution in [1.82, 2.24) is 4.90 Å². The number of carbonyl (C=O) groups excluding carboxylic acids is 3. The van der Waals surface area contributed by atoms with E-state index in [1.165, 1.54) is 23.1 Å². The van der Waals surface area contributed by atoms with E-state index in [-0.39, 0.29) is 24.3 Å². The van der Waals surface area contributed by atoms with Crippen LogP contribution in [0.15, 0.2) is 60.2 Å². The number of carboxylic acids is 1. The first-order valence-electron chi connectivity index (χ1n) is 9.69. The Kier molecular flexibility index (Phi) is 6.61. The second-order valence-electron chi connectivity index (χ2n) is 7.10. The van der Waals surface area contributed by atoms with Crippen LogP contribution < -0.4 is 5.11 Å². The monoisotopic (exact) mass is 410 g/mol. The van der Waals surface area contributed by atoms with Crippen molar-refractivity contribution in [1.29, 1.82) is 0 Å². The van der Waals surface area contributed by atoms with E-state index in [0.29, 0.717) is 30.4 Å². The first kappa shape index (κ1) is 21.2. The Morgan fingerprint density at radius 3 is 2.43 bits per heavy atom. The summed E-state index contributed by atoms with van der Waals surface area (Å²) in [4.78, 5) is 37.4. The van der Waals surface area contributed by atoms with Crippen LogP contribution in [0.5, 0.6) is 0 Å². The Morgan fingerprint density at radius 1 is 1.03 bits per heavy atom. The fourth-order valence-electron chi connectivity index (χ4n) is 3.61. The predicted octanol–water partition coefficient (Wildman–Crippen LogP) is 2.56. The van der Waals surface area contributed by atoms with Gasteiger partial charge in [0.05, 0.1) is 11.6 Å². The smallest absolute Gasteiger partial charge is 0.295 e. The second kappa shape index (κ2) is 9.35. The number of benzene rings is 2. The molecule has 6 nitrogen and oxygen atoms in total. The van der Waals surface area contributed by atoms with Crippen LogP contribution in [0.3, 0.4) is 0 Å². The van der Waals surface area contributed by atoms with Crippen LogP contribution in [-0.2, 0) is 14.4 Å². The average molecular weight is 410 g/mol. The molecule has 3 rings (SSSR count). The number of ketones is 1. The van der Waals surface area contributed by atoms with Gasteiger partial charge in [-0.3, -0.25) is 9.59 Å². The molecule has 0 aliphatic carbocycles. The zero-order valence-electron chi connectivity index (χ0n) is 16.2. The fourth-order valence-corrected chi connectivity index (χ4v) is 3.61. The van der Waals surface area contributed by atoms with Gasteiger partial charge in [-0.2, -0.15) is 0 Å². The molecular weight excluding hydrogens is 389 g/mol. The molecule has 1 N–H and O–H groups in total. The van der Waals surface area contributed by atoms with Gasteiger partial charge in [-0.1, -0.05) is 48.9 Å². The summed E-state index contributed by atoms with van der Waals surface area (Å²) in [5, 5.41) is 21.4. The number of aliphatic carboxylic acids is 1. The van der Waals surface area contributed by atoms with Gasteiger partial charge in [-0.15, -0.1) is 0 Å². The standard InChI is InChI=1S/C23H22FNO5/c24-17-11-7-10-16(14-17)20-19(21(28)15-8-3-1-4-9-15)22(29)23(30)25(20)13-6-2-5-12-18(26)27/h1,3-4,7-11,14,20,28H,2,5-6,12-13H2,(H,26,27)/p-1/t20-/m1/s1. The fraction of sp³-hybridized carbons (Fsp3) is 0.261. The van der Waals surface area contributed by atoms with Gasteiger partial charge in [0.1, 0.15) is 11.6 Å². The number of aliphatic hydroxyl groups excluding tert-OH is 1. The van der Waals surface area contributed by atoms with Gasteiger partial charge in [0.2, 0.25) is 0 Å². The highest BCUT2D eigenvalue weighted by atomic mass is 19.1. The Hall–Kier alpha value is -3.48. The average Bonchev–Trinajstić information content (AvgIpc) is 2.98. The largest absolute Gasteiger partial charge is 0.550 e. The molecule has 2 aromatic rings. The van der Waals surface area contributed by atoms with E-state index in [0.717, 1.165) is 0 Å². The van der Waals surface area contributed by atoms with E-state index in [4.69, 9.17) is 0 Å². The number of amides is 1. The van der Waals surface area contributed by atoms with Gasteiger partial charge in [0.25, 0.3) is 11.7 Å². The normalized spacial score (nSPS) is 18.0. The minimum absolute atomic E-state index is 0.0832. The van der Waals surface area contributed by atoms with Crippen LogP contribution in [0.1, 0.15) is 42.9 Å². The number of hydrogen-bond acceptors (Lipinski definition) is 5. The Bertz CT molecular complexity index is 986. The van der Waals surface area contributed by atoms with Crippen molar-refractivity contribution in [3.05, 3.63) is 77.1 Å². The van der Waals surface area contributed by atoms with E-state index in [9.17, 15) is 29.0 Å². The van der Waals surface area contributed by atoms with Crippen LogP contribution in [0.2, 0.25) is 0 Å². The highest BCUT2D eigenvalue weighted by molar-refractivity contribution is 6.46. The molecular formula is C23H21FNO5-. The quantitative estimate of drug-likeness (QED) is 0.312. The number of unbranched alkanes of at least 4 members (excludes halogenated alkanes) is 2. The number of nitrogens with zero attached hydrogens (tertiary/aromatic N) is 1. The summed E-state index contributed by atoms with van der Waals surface area (Å²) in [6, 6.07) is 13.0.